The van der Waals surface area contributed by atoms with Gasteiger partial charge in [0, 0.05) is 6.04 Å². The molecule has 13 heavy (non-hydrogen) atoms. The van der Waals surface area contributed by atoms with Gasteiger partial charge in [-0.05, 0) is 36.9 Å². The predicted octanol–water partition coefficient (Wildman–Crippen LogP) is 2.67. The van der Waals surface area contributed by atoms with Crippen molar-refractivity contribution >= 4 is 0 Å². The molecule has 1 atom stereocenters. The van der Waals surface area contributed by atoms with E-state index in [0.717, 1.165) is 6.42 Å². The van der Waals surface area contributed by atoms with Crippen molar-refractivity contribution in [2.24, 2.45) is 0 Å². The van der Waals surface area contributed by atoms with Crippen LogP contribution in [-0.4, -0.2) is 6.54 Å². The Kier molecular flexibility index (Phi) is 2.65. The summed E-state index contributed by atoms with van der Waals surface area (Å²) in [6.45, 7) is 3.38. The average Bonchev–Trinajstić information content (AvgIpc) is 2.71. The molecule has 1 aromatic carbocycles. The van der Waals surface area contributed by atoms with Gasteiger partial charge in [-0.1, -0.05) is 31.2 Å². The Labute approximate surface area is 80.2 Å². The largest absolute Gasteiger partial charge is 0.310 e. The van der Waals surface area contributed by atoms with Crippen molar-refractivity contribution in [3.8, 4) is 0 Å². The standard InChI is InChI=1S/C12H17N/c1-2-10-5-7-11(8-6-10)12-4-3-9-13-12/h5-8,12-13H,2-4,9H2,1H3. The number of rotatable bonds is 2. The second-order valence-corrected chi connectivity index (χ2v) is 3.74. The van der Waals surface area contributed by atoms with E-state index >= 15 is 0 Å². The minimum Gasteiger partial charge on any atom is -0.310 e. The highest BCUT2D eigenvalue weighted by Gasteiger charge is 2.15. The molecule has 1 heteroatoms. The Morgan fingerprint density at radius 3 is 2.62 bits per heavy atom. The zero-order valence-electron chi connectivity index (χ0n) is 8.22. The van der Waals surface area contributed by atoms with Gasteiger partial charge in [-0.15, -0.1) is 0 Å². The second-order valence-electron chi connectivity index (χ2n) is 3.74. The Balaban J connectivity index is 2.12. The van der Waals surface area contributed by atoms with Crippen LogP contribution in [0.3, 0.4) is 0 Å². The van der Waals surface area contributed by atoms with Crippen molar-refractivity contribution < 1.29 is 0 Å². The number of hydrogen-bond donors (Lipinski definition) is 1. The number of nitrogens with one attached hydrogen (secondary N) is 1. The van der Waals surface area contributed by atoms with E-state index in [9.17, 15) is 0 Å². The third-order valence-corrected chi connectivity index (χ3v) is 2.85. The van der Waals surface area contributed by atoms with E-state index < -0.39 is 0 Å². The summed E-state index contributed by atoms with van der Waals surface area (Å²) < 4.78 is 0. The fourth-order valence-electron chi connectivity index (χ4n) is 1.95. The molecule has 1 N–H and O–H groups in total. The van der Waals surface area contributed by atoms with E-state index in [4.69, 9.17) is 0 Å². The summed E-state index contributed by atoms with van der Waals surface area (Å²) in [7, 11) is 0. The van der Waals surface area contributed by atoms with E-state index in [1.807, 2.05) is 0 Å². The van der Waals surface area contributed by atoms with Gasteiger partial charge in [0.25, 0.3) is 0 Å². The Bertz CT molecular complexity index is 257. The Morgan fingerprint density at radius 2 is 2.08 bits per heavy atom. The summed E-state index contributed by atoms with van der Waals surface area (Å²) in [6, 6.07) is 9.64. The molecule has 1 nitrogen and oxygen atoms in total. The number of aryl methyl sites for hydroxylation is 1. The minimum atomic E-state index is 0.617. The summed E-state index contributed by atoms with van der Waals surface area (Å²) in [5.74, 6) is 0. The Hall–Kier alpha value is -0.820. The van der Waals surface area contributed by atoms with Gasteiger partial charge in [0.15, 0.2) is 0 Å². The van der Waals surface area contributed by atoms with Gasteiger partial charge >= 0.3 is 0 Å². The van der Waals surface area contributed by atoms with Gasteiger partial charge in [-0.25, -0.2) is 0 Å². The first kappa shape index (κ1) is 8.76. The lowest BCUT2D eigenvalue weighted by atomic mass is 10.0. The van der Waals surface area contributed by atoms with Crippen molar-refractivity contribution in [3.63, 3.8) is 0 Å². The lowest BCUT2D eigenvalue weighted by Gasteiger charge is -2.10. The second kappa shape index (κ2) is 3.93. The van der Waals surface area contributed by atoms with E-state index in [2.05, 4.69) is 36.5 Å². The lowest BCUT2D eigenvalue weighted by molar-refractivity contribution is 0.647. The number of benzene rings is 1. The summed E-state index contributed by atoms with van der Waals surface area (Å²) in [6.07, 6.45) is 3.75. The van der Waals surface area contributed by atoms with Crippen LogP contribution in [-0.2, 0) is 6.42 Å². The molecule has 70 valence electrons. The molecule has 0 radical (unpaired) electrons. The van der Waals surface area contributed by atoms with Gasteiger partial charge in [-0.3, -0.25) is 0 Å². The molecule has 2 rings (SSSR count). The first-order chi connectivity index (χ1) is 6.40. The van der Waals surface area contributed by atoms with Crippen molar-refractivity contribution in [1.29, 1.82) is 0 Å². The summed E-state index contributed by atoms with van der Waals surface area (Å²) in [4.78, 5) is 0. The SMILES string of the molecule is CCc1ccc(C2CCCN2)cc1. The summed E-state index contributed by atoms with van der Waals surface area (Å²) in [5, 5.41) is 3.51. The molecule has 0 bridgehead atoms. The van der Waals surface area contributed by atoms with Gasteiger partial charge in [0.2, 0.25) is 0 Å². The van der Waals surface area contributed by atoms with Crippen molar-refractivity contribution in [3.05, 3.63) is 35.4 Å². The zero-order valence-corrected chi connectivity index (χ0v) is 8.22. The molecule has 1 heterocycles. The van der Waals surface area contributed by atoms with E-state index in [1.54, 1.807) is 0 Å². The normalized spacial score (nSPS) is 22.1. The molecule has 0 aliphatic carbocycles. The zero-order chi connectivity index (χ0) is 9.10. The molecular weight excluding hydrogens is 158 g/mol. The molecule has 0 saturated carbocycles. The first-order valence-corrected chi connectivity index (χ1v) is 5.22. The van der Waals surface area contributed by atoms with E-state index in [0.29, 0.717) is 6.04 Å². The maximum atomic E-state index is 3.51. The maximum absolute atomic E-state index is 3.51. The van der Waals surface area contributed by atoms with Gasteiger partial charge in [0.1, 0.15) is 0 Å². The molecule has 0 aromatic heterocycles. The molecule has 1 unspecified atom stereocenters. The van der Waals surface area contributed by atoms with Crippen molar-refractivity contribution in [1.82, 2.24) is 5.32 Å². The lowest BCUT2D eigenvalue weighted by Crippen LogP contribution is -2.12. The van der Waals surface area contributed by atoms with Crippen molar-refractivity contribution in [2.45, 2.75) is 32.2 Å². The van der Waals surface area contributed by atoms with Gasteiger partial charge in [0.05, 0.1) is 0 Å². The van der Waals surface area contributed by atoms with Crippen molar-refractivity contribution in [2.75, 3.05) is 6.54 Å². The minimum absolute atomic E-state index is 0.617. The van der Waals surface area contributed by atoms with Crippen LogP contribution in [0.15, 0.2) is 24.3 Å². The van der Waals surface area contributed by atoms with Crippen LogP contribution in [0.5, 0.6) is 0 Å². The predicted molar refractivity (Wildman–Crippen MR) is 55.8 cm³/mol. The summed E-state index contributed by atoms with van der Waals surface area (Å²) in [5.41, 5.74) is 2.89. The molecule has 1 aromatic rings. The fourth-order valence-corrected chi connectivity index (χ4v) is 1.95. The highest BCUT2D eigenvalue weighted by atomic mass is 14.9. The van der Waals surface area contributed by atoms with Crippen LogP contribution in [0, 0.1) is 0 Å². The highest BCUT2D eigenvalue weighted by molar-refractivity contribution is 5.25. The molecule has 1 aliphatic heterocycles. The maximum Gasteiger partial charge on any atom is 0.0320 e. The Morgan fingerprint density at radius 1 is 1.31 bits per heavy atom. The fraction of sp³-hybridized carbons (Fsp3) is 0.500. The highest BCUT2D eigenvalue weighted by Crippen LogP contribution is 2.22. The molecule has 0 amide bonds. The molecule has 1 fully saturated rings. The van der Waals surface area contributed by atoms with Crippen LogP contribution in [0.2, 0.25) is 0 Å². The number of hydrogen-bond acceptors (Lipinski definition) is 1. The topological polar surface area (TPSA) is 12.0 Å². The van der Waals surface area contributed by atoms with Gasteiger partial charge < -0.3 is 5.32 Å². The molecule has 0 spiro atoms. The van der Waals surface area contributed by atoms with Crippen LogP contribution in [0.25, 0.3) is 0 Å². The van der Waals surface area contributed by atoms with Gasteiger partial charge in [-0.2, -0.15) is 0 Å². The monoisotopic (exact) mass is 175 g/mol. The third kappa shape index (κ3) is 1.92. The van der Waals surface area contributed by atoms with Crippen LogP contribution in [0.4, 0.5) is 0 Å². The molecule has 1 saturated heterocycles. The van der Waals surface area contributed by atoms with E-state index in [-0.39, 0.29) is 0 Å². The molecular formula is C12H17N. The van der Waals surface area contributed by atoms with E-state index in [1.165, 1.54) is 30.5 Å². The first-order valence-electron chi connectivity index (χ1n) is 5.22. The smallest absolute Gasteiger partial charge is 0.0320 e. The van der Waals surface area contributed by atoms with Crippen LogP contribution >= 0.6 is 0 Å². The quantitative estimate of drug-likeness (QED) is 0.728. The third-order valence-electron chi connectivity index (χ3n) is 2.85. The average molecular weight is 175 g/mol. The van der Waals surface area contributed by atoms with Crippen LogP contribution in [0.1, 0.15) is 36.9 Å². The molecule has 1 aliphatic rings. The van der Waals surface area contributed by atoms with Crippen LogP contribution < -0.4 is 5.32 Å². The summed E-state index contributed by atoms with van der Waals surface area (Å²) >= 11 is 0.